The van der Waals surface area contributed by atoms with Crippen LogP contribution in [0, 0.1) is 11.3 Å². The molecular weight excluding hydrogens is 150 g/mol. The quantitative estimate of drug-likeness (QED) is 0.705. The molecule has 1 N–H and O–H groups in total. The Morgan fingerprint density at radius 1 is 1.58 bits per heavy atom. The lowest BCUT2D eigenvalue weighted by Gasteiger charge is -1.98. The van der Waals surface area contributed by atoms with Gasteiger partial charge in [-0.05, 0) is 12.0 Å². The summed E-state index contributed by atoms with van der Waals surface area (Å²) in [5, 5.41) is 7.42. The fourth-order valence-electron chi connectivity index (χ4n) is 0.767. The maximum Gasteiger partial charge on any atom is 0.225 e. The van der Waals surface area contributed by atoms with Crippen molar-refractivity contribution in [3.63, 3.8) is 0 Å². The Hall–Kier alpha value is -1.38. The van der Waals surface area contributed by atoms with E-state index in [1.807, 2.05) is 24.5 Å². The van der Waals surface area contributed by atoms with Gasteiger partial charge in [-0.2, -0.15) is 0 Å². The minimum Gasteiger partial charge on any atom is -0.294 e. The summed E-state index contributed by atoms with van der Waals surface area (Å²) in [4.78, 5) is 3.84. The topological polar surface area (TPSA) is 41.7 Å². The zero-order valence-corrected chi connectivity index (χ0v) is 7.36. The van der Waals surface area contributed by atoms with Crippen molar-refractivity contribution in [2.75, 3.05) is 0 Å². The van der Waals surface area contributed by atoms with Crippen LogP contribution in [-0.2, 0) is 0 Å². The first-order valence-electron chi connectivity index (χ1n) is 3.96. The second-order valence-electron chi connectivity index (χ2n) is 2.94. The third-order valence-corrected chi connectivity index (χ3v) is 1.41. The maximum atomic E-state index is 7.42. The molecule has 0 aromatic carbocycles. The Morgan fingerprint density at radius 3 is 2.92 bits per heavy atom. The van der Waals surface area contributed by atoms with Crippen molar-refractivity contribution in [3.8, 4) is 0 Å². The highest BCUT2D eigenvalue weighted by molar-refractivity contribution is 5.21. The molecule has 0 aliphatic rings. The molecule has 0 atom stereocenters. The van der Waals surface area contributed by atoms with Crippen LogP contribution in [0.25, 0.3) is 6.20 Å². The first kappa shape index (κ1) is 8.71. The number of hydrogen-bond acceptors (Lipinski definition) is 2. The predicted molar refractivity (Wildman–Crippen MR) is 48.2 cm³/mol. The molecule has 1 rings (SSSR count). The van der Waals surface area contributed by atoms with Gasteiger partial charge < -0.3 is 0 Å². The summed E-state index contributed by atoms with van der Waals surface area (Å²) >= 11 is 0. The average Bonchev–Trinajstić information content (AvgIpc) is 2.03. The van der Waals surface area contributed by atoms with Crippen LogP contribution >= 0.6 is 0 Å². The third kappa shape index (κ3) is 2.34. The molecule has 1 aromatic heterocycles. The fourth-order valence-corrected chi connectivity index (χ4v) is 0.767. The molecule has 3 nitrogen and oxygen atoms in total. The highest BCUT2D eigenvalue weighted by atomic mass is 15.0. The number of rotatable bonds is 2. The largest absolute Gasteiger partial charge is 0.294 e. The number of aromatic nitrogens is 2. The lowest BCUT2D eigenvalue weighted by Crippen LogP contribution is -2.17. The van der Waals surface area contributed by atoms with Gasteiger partial charge in [0.15, 0.2) is 0 Å². The Kier molecular flexibility index (Phi) is 2.80. The van der Waals surface area contributed by atoms with Crippen molar-refractivity contribution >= 4 is 6.20 Å². The average molecular weight is 163 g/mol. The number of nitrogens with zero attached hydrogens (tertiary/aromatic N) is 2. The molecule has 0 saturated heterocycles. The lowest BCUT2D eigenvalue weighted by atomic mass is 10.2. The van der Waals surface area contributed by atoms with Crippen LogP contribution in [0.2, 0.25) is 0 Å². The lowest BCUT2D eigenvalue weighted by molar-refractivity contribution is 0.819. The van der Waals surface area contributed by atoms with Crippen molar-refractivity contribution in [1.29, 1.82) is 5.41 Å². The van der Waals surface area contributed by atoms with Crippen molar-refractivity contribution in [2.45, 2.75) is 13.8 Å². The molecule has 0 unspecified atom stereocenters. The maximum absolute atomic E-state index is 7.42. The summed E-state index contributed by atoms with van der Waals surface area (Å²) in [5.41, 5.74) is 0.259. The summed E-state index contributed by atoms with van der Waals surface area (Å²) in [7, 11) is 0. The Balaban J connectivity index is 2.90. The van der Waals surface area contributed by atoms with Crippen molar-refractivity contribution in [3.05, 3.63) is 30.2 Å². The van der Waals surface area contributed by atoms with E-state index >= 15 is 0 Å². The van der Waals surface area contributed by atoms with Gasteiger partial charge in [-0.25, -0.2) is 4.98 Å². The second kappa shape index (κ2) is 3.85. The number of allylic oxidation sites excluding steroid dienone is 1. The molecule has 0 aliphatic heterocycles. The molecule has 64 valence electrons. The number of nitrogens with one attached hydrogen (secondary N) is 1. The molecule has 0 saturated carbocycles. The monoisotopic (exact) mass is 163 g/mol. The van der Waals surface area contributed by atoms with Gasteiger partial charge in [0.25, 0.3) is 0 Å². The Labute approximate surface area is 71.9 Å². The first-order valence-corrected chi connectivity index (χ1v) is 3.96. The molecule has 0 bridgehead atoms. The van der Waals surface area contributed by atoms with E-state index in [-0.39, 0.29) is 5.62 Å². The van der Waals surface area contributed by atoms with Crippen LogP contribution in [0.5, 0.6) is 0 Å². The van der Waals surface area contributed by atoms with Crippen molar-refractivity contribution in [2.24, 2.45) is 5.92 Å². The molecule has 0 amide bonds. The zero-order chi connectivity index (χ0) is 8.97. The third-order valence-electron chi connectivity index (χ3n) is 1.41. The predicted octanol–water partition coefficient (Wildman–Crippen LogP) is 1.49. The molecule has 0 aliphatic carbocycles. The van der Waals surface area contributed by atoms with E-state index in [0.29, 0.717) is 5.92 Å². The van der Waals surface area contributed by atoms with Crippen LogP contribution in [0.1, 0.15) is 13.8 Å². The van der Waals surface area contributed by atoms with Gasteiger partial charge in [-0.1, -0.05) is 19.9 Å². The summed E-state index contributed by atoms with van der Waals surface area (Å²) in [5.74, 6) is 0.497. The molecule has 12 heavy (non-hydrogen) atoms. The fraction of sp³-hybridized carbons (Fsp3) is 0.333. The van der Waals surface area contributed by atoms with E-state index in [1.54, 1.807) is 10.8 Å². The zero-order valence-electron chi connectivity index (χ0n) is 7.36. The van der Waals surface area contributed by atoms with Crippen molar-refractivity contribution < 1.29 is 0 Å². The Bertz CT molecular complexity index is 323. The highest BCUT2D eigenvalue weighted by Crippen LogP contribution is 1.93. The van der Waals surface area contributed by atoms with E-state index in [1.165, 1.54) is 0 Å². The standard InChI is InChI=1S/C9H13N3/c1-8(2)4-7-12-6-3-5-11-9(12)10/h3-8,10H,1-2H3/b7-4-,10-9?. The summed E-state index contributed by atoms with van der Waals surface area (Å²) in [6, 6.07) is 1.81. The summed E-state index contributed by atoms with van der Waals surface area (Å²) < 4.78 is 1.68. The Morgan fingerprint density at radius 2 is 2.33 bits per heavy atom. The summed E-state index contributed by atoms with van der Waals surface area (Å²) in [6.07, 6.45) is 7.32. The molecule has 1 heterocycles. The van der Waals surface area contributed by atoms with Crippen LogP contribution in [0.3, 0.4) is 0 Å². The SMILES string of the molecule is CC(C)/C=C\n1cccnc1=N. The van der Waals surface area contributed by atoms with E-state index in [9.17, 15) is 0 Å². The highest BCUT2D eigenvalue weighted by Gasteiger charge is 1.86. The normalized spacial score (nSPS) is 11.2. The van der Waals surface area contributed by atoms with Gasteiger partial charge in [0.2, 0.25) is 5.62 Å². The van der Waals surface area contributed by atoms with Gasteiger partial charge in [0, 0.05) is 18.6 Å². The smallest absolute Gasteiger partial charge is 0.225 e. The van der Waals surface area contributed by atoms with E-state index in [0.717, 1.165) is 0 Å². The molecule has 0 spiro atoms. The molecule has 3 heteroatoms. The van der Waals surface area contributed by atoms with Crippen LogP contribution < -0.4 is 5.62 Å². The van der Waals surface area contributed by atoms with E-state index < -0.39 is 0 Å². The number of hydrogen-bond donors (Lipinski definition) is 1. The first-order chi connectivity index (χ1) is 5.70. The molecule has 1 aromatic rings. The molecular formula is C9H13N3. The van der Waals surface area contributed by atoms with Gasteiger partial charge >= 0.3 is 0 Å². The van der Waals surface area contributed by atoms with E-state index in [4.69, 9.17) is 5.41 Å². The van der Waals surface area contributed by atoms with Crippen LogP contribution in [0.4, 0.5) is 0 Å². The van der Waals surface area contributed by atoms with Crippen molar-refractivity contribution in [1.82, 2.24) is 9.55 Å². The van der Waals surface area contributed by atoms with E-state index in [2.05, 4.69) is 18.8 Å². The second-order valence-corrected chi connectivity index (χ2v) is 2.94. The molecule has 0 fully saturated rings. The van der Waals surface area contributed by atoms with Crippen LogP contribution in [0.15, 0.2) is 24.5 Å². The van der Waals surface area contributed by atoms with Gasteiger partial charge in [0.05, 0.1) is 0 Å². The van der Waals surface area contributed by atoms with Gasteiger partial charge in [-0.15, -0.1) is 0 Å². The van der Waals surface area contributed by atoms with Gasteiger partial charge in [0.1, 0.15) is 0 Å². The minimum absolute atomic E-state index is 0.259. The summed E-state index contributed by atoms with van der Waals surface area (Å²) in [6.45, 7) is 4.19. The molecule has 0 radical (unpaired) electrons. The minimum atomic E-state index is 0.259. The van der Waals surface area contributed by atoms with Gasteiger partial charge in [-0.3, -0.25) is 9.98 Å². The van der Waals surface area contributed by atoms with Crippen LogP contribution in [-0.4, -0.2) is 9.55 Å².